The van der Waals surface area contributed by atoms with Crippen LogP contribution in [0.2, 0.25) is 0 Å². The zero-order valence-electron chi connectivity index (χ0n) is 14.1. The van der Waals surface area contributed by atoms with E-state index in [1.165, 1.54) is 17.8 Å². The molecule has 0 bridgehead atoms. The predicted octanol–water partition coefficient (Wildman–Crippen LogP) is 2.84. The molecule has 1 fully saturated rings. The third-order valence-electron chi connectivity index (χ3n) is 3.42. The summed E-state index contributed by atoms with van der Waals surface area (Å²) in [6, 6.07) is 0. The molecular formula is C16H25N3O3S. The maximum absolute atomic E-state index is 12.3. The molecule has 1 aromatic heterocycles. The van der Waals surface area contributed by atoms with Crippen LogP contribution in [0.4, 0.5) is 4.79 Å². The van der Waals surface area contributed by atoms with Gasteiger partial charge < -0.3 is 15.0 Å². The van der Waals surface area contributed by atoms with Crippen LogP contribution in [0.5, 0.6) is 0 Å². The van der Waals surface area contributed by atoms with Crippen LogP contribution < -0.4 is 5.32 Å². The van der Waals surface area contributed by atoms with Gasteiger partial charge in [0.25, 0.3) is 5.91 Å². The van der Waals surface area contributed by atoms with Gasteiger partial charge in [0.1, 0.15) is 11.3 Å². The average Bonchev–Trinajstić information content (AvgIpc) is 2.94. The molecular weight excluding hydrogens is 314 g/mol. The summed E-state index contributed by atoms with van der Waals surface area (Å²) in [6.45, 7) is 7.57. The first-order valence-corrected chi connectivity index (χ1v) is 8.94. The number of piperidine rings is 1. The van der Waals surface area contributed by atoms with Crippen LogP contribution in [0.25, 0.3) is 0 Å². The van der Waals surface area contributed by atoms with E-state index in [1.54, 1.807) is 5.38 Å². The number of rotatable bonds is 4. The van der Waals surface area contributed by atoms with Crippen molar-refractivity contribution in [2.45, 2.75) is 52.1 Å². The Morgan fingerprint density at radius 3 is 2.65 bits per heavy atom. The summed E-state index contributed by atoms with van der Waals surface area (Å²) in [5, 5.41) is 5.35. The second kappa shape index (κ2) is 7.77. The summed E-state index contributed by atoms with van der Waals surface area (Å²) in [6.07, 6.45) is 3.50. The molecule has 1 N–H and O–H groups in total. The number of ether oxygens (including phenoxy) is 1. The molecule has 2 heterocycles. The number of thiazole rings is 1. The summed E-state index contributed by atoms with van der Waals surface area (Å²) in [4.78, 5) is 30.2. The number of hydrogen-bond donors (Lipinski definition) is 1. The molecule has 2 amide bonds. The van der Waals surface area contributed by atoms with Crippen LogP contribution in [-0.2, 0) is 11.2 Å². The Balaban J connectivity index is 1.78. The van der Waals surface area contributed by atoms with E-state index in [9.17, 15) is 9.59 Å². The average molecular weight is 339 g/mol. The van der Waals surface area contributed by atoms with E-state index in [-0.39, 0.29) is 5.91 Å². The second-order valence-electron chi connectivity index (χ2n) is 6.66. The highest BCUT2D eigenvalue weighted by Gasteiger charge is 2.20. The summed E-state index contributed by atoms with van der Waals surface area (Å²) in [5.74, 6) is 0.0206. The minimum atomic E-state index is -0.501. The van der Waals surface area contributed by atoms with Gasteiger partial charge in [0.2, 0.25) is 0 Å². The molecule has 2 rings (SSSR count). The van der Waals surface area contributed by atoms with Crippen LogP contribution in [0.15, 0.2) is 5.38 Å². The van der Waals surface area contributed by atoms with Crippen molar-refractivity contribution >= 4 is 23.3 Å². The van der Waals surface area contributed by atoms with Gasteiger partial charge in [-0.15, -0.1) is 11.3 Å². The van der Waals surface area contributed by atoms with Crippen molar-refractivity contribution in [1.82, 2.24) is 15.2 Å². The highest BCUT2D eigenvalue weighted by Crippen LogP contribution is 2.16. The molecule has 0 aromatic carbocycles. The highest BCUT2D eigenvalue weighted by atomic mass is 32.1. The van der Waals surface area contributed by atoms with Gasteiger partial charge >= 0.3 is 6.09 Å². The summed E-state index contributed by atoms with van der Waals surface area (Å²) in [7, 11) is 0. The standard InChI is InChI=1S/C16H25N3O3S/c1-16(2,3)22-15(21)17-8-7-13-18-12(11-23-13)14(20)19-9-5-4-6-10-19/h11H,4-10H2,1-3H3,(H,17,21). The van der Waals surface area contributed by atoms with E-state index in [1.807, 2.05) is 25.7 Å². The first kappa shape index (κ1) is 17.7. The first-order chi connectivity index (χ1) is 10.8. The van der Waals surface area contributed by atoms with Gasteiger partial charge in [0.05, 0.1) is 5.01 Å². The van der Waals surface area contributed by atoms with Gasteiger partial charge in [-0.3, -0.25) is 4.79 Å². The molecule has 128 valence electrons. The number of nitrogens with one attached hydrogen (secondary N) is 1. The molecule has 1 saturated heterocycles. The van der Waals surface area contributed by atoms with Crippen molar-refractivity contribution in [2.24, 2.45) is 0 Å². The fourth-order valence-electron chi connectivity index (χ4n) is 2.37. The number of carbonyl (C=O) groups excluding carboxylic acids is 2. The van der Waals surface area contributed by atoms with Crippen LogP contribution in [-0.4, -0.2) is 47.1 Å². The zero-order valence-corrected chi connectivity index (χ0v) is 14.9. The lowest BCUT2D eigenvalue weighted by Crippen LogP contribution is -2.35. The quantitative estimate of drug-likeness (QED) is 0.915. The second-order valence-corrected chi connectivity index (χ2v) is 7.60. The number of alkyl carbamates (subject to hydrolysis) is 1. The largest absolute Gasteiger partial charge is 0.444 e. The Morgan fingerprint density at radius 1 is 1.30 bits per heavy atom. The number of hydrogen-bond acceptors (Lipinski definition) is 5. The minimum absolute atomic E-state index is 0.0206. The van der Waals surface area contributed by atoms with E-state index in [2.05, 4.69) is 10.3 Å². The van der Waals surface area contributed by atoms with E-state index in [4.69, 9.17) is 4.74 Å². The Kier molecular flexibility index (Phi) is 5.98. The molecule has 0 aliphatic carbocycles. The monoisotopic (exact) mass is 339 g/mol. The van der Waals surface area contributed by atoms with Crippen molar-refractivity contribution < 1.29 is 14.3 Å². The van der Waals surface area contributed by atoms with Crippen LogP contribution in [0.3, 0.4) is 0 Å². The van der Waals surface area contributed by atoms with Gasteiger partial charge in [-0.1, -0.05) is 0 Å². The van der Waals surface area contributed by atoms with Gasteiger partial charge in [-0.2, -0.15) is 0 Å². The topological polar surface area (TPSA) is 71.5 Å². The predicted molar refractivity (Wildman–Crippen MR) is 89.8 cm³/mol. The molecule has 23 heavy (non-hydrogen) atoms. The summed E-state index contributed by atoms with van der Waals surface area (Å²) < 4.78 is 5.17. The number of nitrogens with zero attached hydrogens (tertiary/aromatic N) is 2. The first-order valence-electron chi connectivity index (χ1n) is 8.06. The van der Waals surface area contributed by atoms with Crippen molar-refractivity contribution in [3.05, 3.63) is 16.1 Å². The van der Waals surface area contributed by atoms with Gasteiger partial charge in [0, 0.05) is 31.4 Å². The molecule has 0 saturated carbocycles. The SMILES string of the molecule is CC(C)(C)OC(=O)NCCc1nc(C(=O)N2CCCCC2)cs1. The zero-order chi connectivity index (χ0) is 16.9. The molecule has 1 aliphatic rings. The lowest BCUT2D eigenvalue weighted by Gasteiger charge is -2.25. The number of carbonyl (C=O) groups is 2. The van der Waals surface area contributed by atoms with Crippen molar-refractivity contribution in [3.8, 4) is 0 Å². The molecule has 0 radical (unpaired) electrons. The van der Waals surface area contributed by atoms with Crippen LogP contribution in [0, 0.1) is 0 Å². The molecule has 1 aliphatic heterocycles. The van der Waals surface area contributed by atoms with Crippen molar-refractivity contribution in [1.29, 1.82) is 0 Å². The van der Waals surface area contributed by atoms with Gasteiger partial charge in [-0.25, -0.2) is 9.78 Å². The summed E-state index contributed by atoms with van der Waals surface area (Å²) in [5.41, 5.74) is 0.0171. The van der Waals surface area contributed by atoms with E-state index < -0.39 is 11.7 Å². The van der Waals surface area contributed by atoms with E-state index in [0.717, 1.165) is 30.9 Å². The number of amides is 2. The summed E-state index contributed by atoms with van der Waals surface area (Å²) >= 11 is 1.46. The van der Waals surface area contributed by atoms with Crippen LogP contribution >= 0.6 is 11.3 Å². The third-order valence-corrected chi connectivity index (χ3v) is 4.33. The highest BCUT2D eigenvalue weighted by molar-refractivity contribution is 7.09. The third kappa shape index (κ3) is 5.82. The van der Waals surface area contributed by atoms with Crippen LogP contribution in [0.1, 0.15) is 55.5 Å². The van der Waals surface area contributed by atoms with Gasteiger partial charge in [-0.05, 0) is 40.0 Å². The molecule has 0 atom stereocenters. The minimum Gasteiger partial charge on any atom is -0.444 e. The van der Waals surface area contributed by atoms with E-state index in [0.29, 0.717) is 18.7 Å². The smallest absolute Gasteiger partial charge is 0.407 e. The lowest BCUT2D eigenvalue weighted by molar-refractivity contribution is 0.0528. The molecule has 7 heteroatoms. The van der Waals surface area contributed by atoms with Crippen molar-refractivity contribution in [2.75, 3.05) is 19.6 Å². The Hall–Kier alpha value is -1.63. The Morgan fingerprint density at radius 2 is 2.00 bits per heavy atom. The molecule has 0 spiro atoms. The van der Waals surface area contributed by atoms with Crippen molar-refractivity contribution in [3.63, 3.8) is 0 Å². The maximum atomic E-state index is 12.3. The maximum Gasteiger partial charge on any atom is 0.407 e. The fraction of sp³-hybridized carbons (Fsp3) is 0.688. The van der Waals surface area contributed by atoms with E-state index >= 15 is 0 Å². The molecule has 0 unspecified atom stereocenters. The number of likely N-dealkylation sites (tertiary alicyclic amines) is 1. The van der Waals surface area contributed by atoms with Gasteiger partial charge in [0.15, 0.2) is 0 Å². The Labute approximate surface area is 141 Å². The Bertz CT molecular complexity index is 545. The molecule has 6 nitrogen and oxygen atoms in total. The normalized spacial score (nSPS) is 15.3. The fourth-order valence-corrected chi connectivity index (χ4v) is 3.14. The molecule has 1 aromatic rings. The number of aromatic nitrogens is 1. The lowest BCUT2D eigenvalue weighted by atomic mass is 10.1.